The first-order valence-corrected chi connectivity index (χ1v) is 8.58. The average Bonchev–Trinajstić information content (AvgIpc) is 2.87. The molecular formula is C18H19N3O5. The second kappa shape index (κ2) is 7.07. The SMILES string of the molecule is CCN(C(=O)CN1C(=O)c2ccc([N+](=O)[O-])cc2C1=O)C1=CCCCC1. The summed E-state index contributed by atoms with van der Waals surface area (Å²) in [5.74, 6) is -1.60. The van der Waals surface area contributed by atoms with Crippen molar-refractivity contribution >= 4 is 23.4 Å². The minimum atomic E-state index is -0.671. The maximum atomic E-state index is 12.7. The Morgan fingerprint density at radius 1 is 1.23 bits per heavy atom. The van der Waals surface area contributed by atoms with E-state index in [4.69, 9.17) is 0 Å². The second-order valence-corrected chi connectivity index (χ2v) is 6.26. The van der Waals surface area contributed by atoms with Crippen LogP contribution in [0.5, 0.6) is 0 Å². The minimum Gasteiger partial charge on any atom is -0.315 e. The molecule has 1 aliphatic carbocycles. The van der Waals surface area contributed by atoms with Gasteiger partial charge in [0.05, 0.1) is 16.1 Å². The fourth-order valence-corrected chi connectivity index (χ4v) is 3.36. The van der Waals surface area contributed by atoms with Crippen molar-refractivity contribution in [2.75, 3.05) is 13.1 Å². The summed E-state index contributed by atoms with van der Waals surface area (Å²) in [6.45, 7) is 1.93. The van der Waals surface area contributed by atoms with E-state index < -0.39 is 16.7 Å². The van der Waals surface area contributed by atoms with Crippen LogP contribution in [0.2, 0.25) is 0 Å². The first kappa shape index (κ1) is 17.8. The smallest absolute Gasteiger partial charge is 0.270 e. The molecule has 3 rings (SSSR count). The van der Waals surface area contributed by atoms with Crippen LogP contribution in [0.15, 0.2) is 30.0 Å². The molecule has 26 heavy (non-hydrogen) atoms. The summed E-state index contributed by atoms with van der Waals surface area (Å²) in [6.07, 6.45) is 5.83. The van der Waals surface area contributed by atoms with Crippen molar-refractivity contribution in [2.45, 2.75) is 32.6 Å². The van der Waals surface area contributed by atoms with Crippen LogP contribution in [0, 0.1) is 10.1 Å². The van der Waals surface area contributed by atoms with Crippen LogP contribution in [0.25, 0.3) is 0 Å². The number of carbonyl (C=O) groups is 3. The van der Waals surface area contributed by atoms with E-state index in [1.807, 2.05) is 13.0 Å². The summed E-state index contributed by atoms with van der Waals surface area (Å²) in [5.41, 5.74) is 0.724. The third-order valence-corrected chi connectivity index (χ3v) is 4.69. The third-order valence-electron chi connectivity index (χ3n) is 4.69. The molecule has 0 unspecified atom stereocenters. The molecule has 8 heteroatoms. The lowest BCUT2D eigenvalue weighted by atomic mass is 10.0. The number of amides is 3. The molecule has 3 amide bonds. The molecule has 0 saturated heterocycles. The Balaban J connectivity index is 1.80. The lowest BCUT2D eigenvalue weighted by Crippen LogP contribution is -2.42. The molecule has 0 N–H and O–H groups in total. The highest BCUT2D eigenvalue weighted by Crippen LogP contribution is 2.27. The molecule has 8 nitrogen and oxygen atoms in total. The number of benzene rings is 1. The standard InChI is InChI=1S/C18H19N3O5/c1-2-19(12-6-4-3-5-7-12)16(22)11-20-17(23)14-9-8-13(21(25)26)10-15(14)18(20)24/h6,8-10H,2-5,7,11H2,1H3. The Hall–Kier alpha value is -3.03. The van der Waals surface area contributed by atoms with Crippen LogP contribution < -0.4 is 0 Å². The highest BCUT2D eigenvalue weighted by Gasteiger charge is 2.38. The Labute approximate surface area is 150 Å². The zero-order valence-corrected chi connectivity index (χ0v) is 14.4. The Kier molecular flexibility index (Phi) is 4.83. The first-order chi connectivity index (χ1) is 12.4. The van der Waals surface area contributed by atoms with E-state index in [9.17, 15) is 24.5 Å². The minimum absolute atomic E-state index is 0.0306. The number of likely N-dealkylation sites (N-methyl/N-ethyl adjacent to an activating group) is 1. The fourth-order valence-electron chi connectivity index (χ4n) is 3.36. The molecule has 136 valence electrons. The number of nitrogens with zero attached hydrogens (tertiary/aromatic N) is 3. The summed E-state index contributed by atoms with van der Waals surface area (Å²) in [6, 6.07) is 3.53. The van der Waals surface area contributed by atoms with E-state index in [1.54, 1.807) is 4.90 Å². The number of nitro benzene ring substituents is 1. The summed E-state index contributed by atoms with van der Waals surface area (Å²) in [5, 5.41) is 10.9. The number of nitro groups is 1. The average molecular weight is 357 g/mol. The molecule has 0 spiro atoms. The summed E-state index contributed by atoms with van der Waals surface area (Å²) < 4.78 is 0. The van der Waals surface area contributed by atoms with Gasteiger partial charge in [-0.2, -0.15) is 0 Å². The third kappa shape index (κ3) is 3.10. The maximum Gasteiger partial charge on any atom is 0.270 e. The van der Waals surface area contributed by atoms with Crippen LogP contribution >= 0.6 is 0 Å². The van der Waals surface area contributed by atoms with Crippen molar-refractivity contribution in [2.24, 2.45) is 0 Å². The van der Waals surface area contributed by atoms with Crippen LogP contribution in [0.1, 0.15) is 53.3 Å². The van der Waals surface area contributed by atoms with Crippen molar-refractivity contribution < 1.29 is 19.3 Å². The number of hydrogen-bond acceptors (Lipinski definition) is 5. The highest BCUT2D eigenvalue weighted by molar-refractivity contribution is 6.22. The van der Waals surface area contributed by atoms with Gasteiger partial charge in [-0.3, -0.25) is 29.4 Å². The van der Waals surface area contributed by atoms with E-state index in [1.165, 1.54) is 12.1 Å². The van der Waals surface area contributed by atoms with E-state index in [0.29, 0.717) is 6.54 Å². The van der Waals surface area contributed by atoms with Gasteiger partial charge in [0.25, 0.3) is 17.5 Å². The predicted molar refractivity (Wildman–Crippen MR) is 92.4 cm³/mol. The number of fused-ring (bicyclic) bond motifs is 1. The van der Waals surface area contributed by atoms with Crippen LogP contribution in [-0.2, 0) is 4.79 Å². The van der Waals surface area contributed by atoms with Gasteiger partial charge in [0.15, 0.2) is 0 Å². The number of imide groups is 1. The van der Waals surface area contributed by atoms with Gasteiger partial charge < -0.3 is 4.90 Å². The summed E-state index contributed by atoms with van der Waals surface area (Å²) in [4.78, 5) is 50.4. The fraction of sp³-hybridized carbons (Fsp3) is 0.389. The largest absolute Gasteiger partial charge is 0.315 e. The van der Waals surface area contributed by atoms with E-state index in [0.717, 1.165) is 42.3 Å². The second-order valence-electron chi connectivity index (χ2n) is 6.26. The molecule has 0 aromatic heterocycles. The molecule has 0 bridgehead atoms. The van der Waals surface area contributed by atoms with Gasteiger partial charge in [0, 0.05) is 24.4 Å². The number of allylic oxidation sites excluding steroid dienone is 2. The van der Waals surface area contributed by atoms with Crippen LogP contribution in [0.3, 0.4) is 0 Å². The molecule has 1 heterocycles. The van der Waals surface area contributed by atoms with Gasteiger partial charge in [0.2, 0.25) is 5.91 Å². The molecular weight excluding hydrogens is 338 g/mol. The van der Waals surface area contributed by atoms with Gasteiger partial charge in [-0.05, 0) is 38.7 Å². The van der Waals surface area contributed by atoms with Gasteiger partial charge in [-0.25, -0.2) is 0 Å². The maximum absolute atomic E-state index is 12.7. The van der Waals surface area contributed by atoms with Gasteiger partial charge in [-0.15, -0.1) is 0 Å². The Morgan fingerprint density at radius 3 is 2.58 bits per heavy atom. The van der Waals surface area contributed by atoms with Gasteiger partial charge >= 0.3 is 0 Å². The molecule has 1 aromatic carbocycles. The highest BCUT2D eigenvalue weighted by atomic mass is 16.6. The number of carbonyl (C=O) groups excluding carboxylic acids is 3. The summed E-state index contributed by atoms with van der Waals surface area (Å²) in [7, 11) is 0. The van der Waals surface area contributed by atoms with Crippen molar-refractivity contribution in [3.8, 4) is 0 Å². The van der Waals surface area contributed by atoms with Crippen molar-refractivity contribution in [3.63, 3.8) is 0 Å². The number of rotatable bonds is 5. The van der Waals surface area contributed by atoms with Crippen LogP contribution in [-0.4, -0.2) is 45.5 Å². The zero-order valence-electron chi connectivity index (χ0n) is 14.4. The van der Waals surface area contributed by atoms with E-state index in [-0.39, 0.29) is 29.3 Å². The molecule has 0 fully saturated rings. The number of non-ortho nitro benzene ring substituents is 1. The van der Waals surface area contributed by atoms with E-state index in [2.05, 4.69) is 0 Å². The molecule has 0 atom stereocenters. The summed E-state index contributed by atoms with van der Waals surface area (Å²) >= 11 is 0. The predicted octanol–water partition coefficient (Wildman–Crippen LogP) is 2.50. The van der Waals surface area contributed by atoms with Crippen molar-refractivity contribution in [1.82, 2.24) is 9.80 Å². The lowest BCUT2D eigenvalue weighted by Gasteiger charge is -2.28. The normalized spacial score (nSPS) is 16.3. The van der Waals surface area contributed by atoms with Gasteiger partial charge in [0.1, 0.15) is 6.54 Å². The van der Waals surface area contributed by atoms with Crippen molar-refractivity contribution in [3.05, 3.63) is 51.2 Å². The first-order valence-electron chi connectivity index (χ1n) is 8.58. The quantitative estimate of drug-likeness (QED) is 0.458. The molecule has 0 saturated carbocycles. The lowest BCUT2D eigenvalue weighted by molar-refractivity contribution is -0.384. The Morgan fingerprint density at radius 2 is 1.96 bits per heavy atom. The monoisotopic (exact) mass is 357 g/mol. The van der Waals surface area contributed by atoms with Gasteiger partial charge in [-0.1, -0.05) is 6.08 Å². The molecule has 1 aromatic rings. The molecule has 2 aliphatic rings. The number of hydrogen-bond donors (Lipinski definition) is 0. The van der Waals surface area contributed by atoms with Crippen LogP contribution in [0.4, 0.5) is 5.69 Å². The Bertz CT molecular complexity index is 830. The molecule has 0 radical (unpaired) electrons. The molecule has 1 aliphatic heterocycles. The topological polar surface area (TPSA) is 101 Å². The van der Waals surface area contributed by atoms with E-state index >= 15 is 0 Å². The zero-order chi connectivity index (χ0) is 18.8. The van der Waals surface area contributed by atoms with Crippen molar-refractivity contribution in [1.29, 1.82) is 0 Å².